The maximum atomic E-state index is 13.2. The molecule has 1 aromatic carbocycles. The van der Waals surface area contributed by atoms with Gasteiger partial charge in [-0.3, -0.25) is 4.98 Å². The topological polar surface area (TPSA) is 24.9 Å². The number of halogens is 2. The largest absolute Gasteiger partial charge is 0.309 e. The van der Waals surface area contributed by atoms with Crippen molar-refractivity contribution in [3.63, 3.8) is 0 Å². The SMILES string of the molecule is CCNC(Cc1cccc(F)c1)c1ncccc1Cl. The van der Waals surface area contributed by atoms with Crippen LogP contribution in [-0.4, -0.2) is 11.5 Å². The normalized spacial score (nSPS) is 12.4. The third-order valence-electron chi connectivity index (χ3n) is 2.90. The molecule has 0 saturated heterocycles. The van der Waals surface area contributed by atoms with Gasteiger partial charge in [-0.1, -0.05) is 30.7 Å². The third kappa shape index (κ3) is 3.75. The van der Waals surface area contributed by atoms with E-state index in [1.54, 1.807) is 24.4 Å². The van der Waals surface area contributed by atoms with Crippen LogP contribution in [0.4, 0.5) is 4.39 Å². The first-order valence-electron chi connectivity index (χ1n) is 6.29. The van der Waals surface area contributed by atoms with E-state index < -0.39 is 0 Å². The van der Waals surface area contributed by atoms with Crippen molar-refractivity contribution in [2.24, 2.45) is 0 Å². The van der Waals surface area contributed by atoms with E-state index in [0.717, 1.165) is 17.8 Å². The van der Waals surface area contributed by atoms with Crippen LogP contribution in [0.5, 0.6) is 0 Å². The average molecular weight is 279 g/mol. The molecule has 0 amide bonds. The predicted molar refractivity (Wildman–Crippen MR) is 75.8 cm³/mol. The maximum Gasteiger partial charge on any atom is 0.123 e. The lowest BCUT2D eigenvalue weighted by atomic mass is 10.0. The Labute approximate surface area is 117 Å². The summed E-state index contributed by atoms with van der Waals surface area (Å²) in [7, 11) is 0. The molecule has 2 rings (SSSR count). The van der Waals surface area contributed by atoms with E-state index in [0.29, 0.717) is 11.4 Å². The van der Waals surface area contributed by atoms with Crippen LogP contribution in [0.1, 0.15) is 24.2 Å². The van der Waals surface area contributed by atoms with Crippen LogP contribution in [0.2, 0.25) is 5.02 Å². The molecule has 19 heavy (non-hydrogen) atoms. The lowest BCUT2D eigenvalue weighted by Crippen LogP contribution is -2.24. The minimum Gasteiger partial charge on any atom is -0.309 e. The van der Waals surface area contributed by atoms with E-state index in [1.807, 2.05) is 19.1 Å². The highest BCUT2D eigenvalue weighted by Crippen LogP contribution is 2.23. The summed E-state index contributed by atoms with van der Waals surface area (Å²) in [5.41, 5.74) is 1.72. The zero-order valence-electron chi connectivity index (χ0n) is 10.7. The molecule has 2 nitrogen and oxygen atoms in total. The second kappa shape index (κ2) is 6.64. The van der Waals surface area contributed by atoms with Crippen LogP contribution in [0.3, 0.4) is 0 Å². The number of likely N-dealkylation sites (N-methyl/N-ethyl adjacent to an activating group) is 1. The van der Waals surface area contributed by atoms with Crippen molar-refractivity contribution in [2.45, 2.75) is 19.4 Å². The summed E-state index contributed by atoms with van der Waals surface area (Å²) in [5.74, 6) is -0.222. The minimum absolute atomic E-state index is 0.0134. The molecule has 2 aromatic rings. The molecule has 1 aromatic heterocycles. The fraction of sp³-hybridized carbons (Fsp3) is 0.267. The van der Waals surface area contributed by atoms with E-state index in [-0.39, 0.29) is 11.9 Å². The van der Waals surface area contributed by atoms with Crippen LogP contribution >= 0.6 is 11.6 Å². The molecule has 0 aliphatic rings. The lowest BCUT2D eigenvalue weighted by molar-refractivity contribution is 0.534. The van der Waals surface area contributed by atoms with E-state index in [9.17, 15) is 4.39 Å². The van der Waals surface area contributed by atoms with Gasteiger partial charge in [-0.2, -0.15) is 0 Å². The third-order valence-corrected chi connectivity index (χ3v) is 3.22. The summed E-state index contributed by atoms with van der Waals surface area (Å²) >= 11 is 6.18. The zero-order chi connectivity index (χ0) is 13.7. The Kier molecular flexibility index (Phi) is 4.88. The van der Waals surface area contributed by atoms with Gasteiger partial charge in [-0.25, -0.2) is 4.39 Å². The Morgan fingerprint density at radius 2 is 2.16 bits per heavy atom. The molecule has 100 valence electrons. The van der Waals surface area contributed by atoms with Gasteiger partial charge < -0.3 is 5.32 Å². The fourth-order valence-electron chi connectivity index (χ4n) is 2.07. The standard InChI is InChI=1S/C15H16ClFN2/c1-2-18-14(15-13(16)7-4-8-19-15)10-11-5-3-6-12(17)9-11/h3-9,14,18H,2,10H2,1H3. The molecule has 0 aliphatic heterocycles. The van der Waals surface area contributed by atoms with Crippen LogP contribution in [0, 0.1) is 5.82 Å². The Hall–Kier alpha value is -1.45. The van der Waals surface area contributed by atoms with Gasteiger partial charge in [0.25, 0.3) is 0 Å². The monoisotopic (exact) mass is 278 g/mol. The van der Waals surface area contributed by atoms with E-state index >= 15 is 0 Å². The number of nitrogens with one attached hydrogen (secondary N) is 1. The molecular formula is C15H16ClFN2. The van der Waals surface area contributed by atoms with Gasteiger partial charge in [0.05, 0.1) is 16.8 Å². The summed E-state index contributed by atoms with van der Waals surface area (Å²) < 4.78 is 13.2. The van der Waals surface area contributed by atoms with Crippen molar-refractivity contribution in [1.29, 1.82) is 0 Å². The fourth-order valence-corrected chi connectivity index (χ4v) is 2.32. The highest BCUT2D eigenvalue weighted by atomic mass is 35.5. The average Bonchev–Trinajstić information content (AvgIpc) is 2.39. The van der Waals surface area contributed by atoms with Gasteiger partial charge in [-0.15, -0.1) is 0 Å². The summed E-state index contributed by atoms with van der Waals surface area (Å²) in [6.07, 6.45) is 2.37. The van der Waals surface area contributed by atoms with Crippen LogP contribution < -0.4 is 5.32 Å². The van der Waals surface area contributed by atoms with Crippen LogP contribution in [0.15, 0.2) is 42.6 Å². The quantitative estimate of drug-likeness (QED) is 0.901. The van der Waals surface area contributed by atoms with Gasteiger partial charge in [0.1, 0.15) is 5.82 Å². The Morgan fingerprint density at radius 3 is 2.84 bits per heavy atom. The Bertz CT molecular complexity index is 545. The Morgan fingerprint density at radius 1 is 1.32 bits per heavy atom. The summed E-state index contributed by atoms with van der Waals surface area (Å²) in [5, 5.41) is 3.97. The van der Waals surface area contributed by atoms with Crippen molar-refractivity contribution in [3.8, 4) is 0 Å². The highest BCUT2D eigenvalue weighted by molar-refractivity contribution is 6.31. The maximum absolute atomic E-state index is 13.2. The molecule has 0 spiro atoms. The minimum atomic E-state index is -0.222. The first kappa shape index (κ1) is 14.0. The second-order valence-corrected chi connectivity index (χ2v) is 4.72. The van der Waals surface area contributed by atoms with Crippen LogP contribution in [-0.2, 0) is 6.42 Å². The lowest BCUT2D eigenvalue weighted by Gasteiger charge is -2.18. The van der Waals surface area contributed by atoms with Crippen LogP contribution in [0.25, 0.3) is 0 Å². The van der Waals surface area contributed by atoms with Gasteiger partial charge in [0.15, 0.2) is 0 Å². The molecule has 0 bridgehead atoms. The van der Waals surface area contributed by atoms with Gasteiger partial charge >= 0.3 is 0 Å². The van der Waals surface area contributed by atoms with E-state index in [4.69, 9.17) is 11.6 Å². The molecule has 4 heteroatoms. The van der Waals surface area contributed by atoms with Crippen molar-refractivity contribution in [1.82, 2.24) is 10.3 Å². The number of hydrogen-bond acceptors (Lipinski definition) is 2. The molecule has 1 atom stereocenters. The molecule has 0 aliphatic carbocycles. The molecule has 1 unspecified atom stereocenters. The van der Waals surface area contributed by atoms with Crippen molar-refractivity contribution in [3.05, 3.63) is 64.7 Å². The number of benzene rings is 1. The molecule has 1 heterocycles. The van der Waals surface area contributed by atoms with Crippen molar-refractivity contribution < 1.29 is 4.39 Å². The number of rotatable bonds is 5. The first-order chi connectivity index (χ1) is 9.20. The zero-order valence-corrected chi connectivity index (χ0v) is 11.5. The first-order valence-corrected chi connectivity index (χ1v) is 6.66. The van der Waals surface area contributed by atoms with Crippen molar-refractivity contribution in [2.75, 3.05) is 6.54 Å². The molecule has 1 N–H and O–H groups in total. The number of pyridine rings is 1. The van der Waals surface area contributed by atoms with E-state index in [1.165, 1.54) is 6.07 Å². The second-order valence-electron chi connectivity index (χ2n) is 4.31. The Balaban J connectivity index is 2.24. The smallest absolute Gasteiger partial charge is 0.123 e. The summed E-state index contributed by atoms with van der Waals surface area (Å²) in [6, 6.07) is 10.2. The molecular weight excluding hydrogens is 263 g/mol. The van der Waals surface area contributed by atoms with Crippen molar-refractivity contribution >= 4 is 11.6 Å². The van der Waals surface area contributed by atoms with Gasteiger partial charge in [0.2, 0.25) is 0 Å². The number of nitrogens with zero attached hydrogens (tertiary/aromatic N) is 1. The molecule has 0 radical (unpaired) electrons. The van der Waals surface area contributed by atoms with E-state index in [2.05, 4.69) is 10.3 Å². The molecule has 0 fully saturated rings. The van der Waals surface area contributed by atoms with Gasteiger partial charge in [0, 0.05) is 6.20 Å². The molecule has 0 saturated carbocycles. The number of hydrogen-bond donors (Lipinski definition) is 1. The number of aromatic nitrogens is 1. The van der Waals surface area contributed by atoms with Gasteiger partial charge in [-0.05, 0) is 42.8 Å². The summed E-state index contributed by atoms with van der Waals surface area (Å²) in [6.45, 7) is 2.82. The predicted octanol–water partition coefficient (Wildman–Crippen LogP) is 3.77. The highest BCUT2D eigenvalue weighted by Gasteiger charge is 2.15. The summed E-state index contributed by atoms with van der Waals surface area (Å²) in [4.78, 5) is 4.33.